The molecule has 284 valence electrons. The van der Waals surface area contributed by atoms with Crippen LogP contribution in [0.3, 0.4) is 0 Å². The fraction of sp³-hybridized carbons (Fsp3) is 1.00. The highest BCUT2D eigenvalue weighted by molar-refractivity contribution is 4.52. The summed E-state index contributed by atoms with van der Waals surface area (Å²) < 4.78 is 0. The minimum atomic E-state index is 0. The van der Waals surface area contributed by atoms with Crippen molar-refractivity contribution < 1.29 is 0 Å². The lowest BCUT2D eigenvalue weighted by atomic mass is 10.0. The summed E-state index contributed by atoms with van der Waals surface area (Å²) >= 11 is 0. The number of hydrogen-bond acceptors (Lipinski definition) is 0. The predicted molar refractivity (Wildman–Crippen MR) is 226 cm³/mol. The van der Waals surface area contributed by atoms with Crippen LogP contribution in [0.4, 0.5) is 0 Å². The van der Waals surface area contributed by atoms with Gasteiger partial charge in [0.2, 0.25) is 0 Å². The molecule has 0 atom stereocenters. The van der Waals surface area contributed by atoms with Crippen LogP contribution in [0.5, 0.6) is 0 Å². The van der Waals surface area contributed by atoms with Gasteiger partial charge in [-0.25, -0.2) is 0 Å². The molecule has 6 fully saturated rings. The van der Waals surface area contributed by atoms with Gasteiger partial charge in [0.1, 0.15) is 0 Å². The standard InChI is InChI=1S/6C4H8.6C2H6.7CH4/c6*1-2-4-3-1;6*1-2;;;;;;;/h6*1-4H2;6*1-2H3;7*1H4. The Balaban J connectivity index is -0.0000000208. The molecule has 6 aliphatic carbocycles. The Kier molecular flexibility index (Phi) is 240. The summed E-state index contributed by atoms with van der Waals surface area (Å²) in [5.41, 5.74) is 0. The van der Waals surface area contributed by atoms with Crippen LogP contribution >= 0.6 is 0 Å². The van der Waals surface area contributed by atoms with E-state index in [0.29, 0.717) is 0 Å². The fourth-order valence-electron chi connectivity index (χ4n) is 1.50. The zero-order valence-corrected chi connectivity index (χ0v) is 29.0. The van der Waals surface area contributed by atoms with Crippen molar-refractivity contribution in [1.82, 2.24) is 0 Å². The lowest BCUT2D eigenvalue weighted by Gasteiger charge is -2.05. The molecule has 0 amide bonds. The molecule has 0 aromatic rings. The fourth-order valence-corrected chi connectivity index (χ4v) is 1.50. The first-order valence-electron chi connectivity index (χ1n) is 18.0. The molecule has 0 aromatic heterocycles. The highest BCUT2D eigenvalue weighted by Gasteiger charge is 1.97. The Morgan fingerprint density at radius 3 is 0.140 bits per heavy atom. The summed E-state index contributed by atoms with van der Waals surface area (Å²) in [5.74, 6) is 0. The Morgan fingerprint density at radius 2 is 0.140 bits per heavy atom. The van der Waals surface area contributed by atoms with Gasteiger partial charge < -0.3 is 0 Å². The Bertz CT molecular complexity index is 110. The van der Waals surface area contributed by atoms with Gasteiger partial charge in [-0.3, -0.25) is 0 Å². The van der Waals surface area contributed by atoms with E-state index in [0.717, 1.165) is 0 Å². The molecule has 0 unspecified atom stereocenters. The molecule has 0 radical (unpaired) electrons. The maximum absolute atomic E-state index is 2.00. The summed E-state index contributed by atoms with van der Waals surface area (Å²) in [5, 5.41) is 0. The summed E-state index contributed by atoms with van der Waals surface area (Å²) in [6.45, 7) is 24.0. The molecular weight excluding hydrogens is 516 g/mol. The monoisotopic (exact) mass is 629 g/mol. The van der Waals surface area contributed by atoms with E-state index in [2.05, 4.69) is 0 Å². The summed E-state index contributed by atoms with van der Waals surface area (Å²) in [6, 6.07) is 0. The quantitative estimate of drug-likeness (QED) is 0.250. The van der Waals surface area contributed by atoms with E-state index in [9.17, 15) is 0 Å². The van der Waals surface area contributed by atoms with Crippen LogP contribution in [0.2, 0.25) is 0 Å². The van der Waals surface area contributed by atoms with Crippen molar-refractivity contribution in [3.05, 3.63) is 0 Å². The van der Waals surface area contributed by atoms with Crippen molar-refractivity contribution in [2.24, 2.45) is 0 Å². The second kappa shape index (κ2) is 123. The first-order chi connectivity index (χ1) is 18.0. The Morgan fingerprint density at radius 1 is 0.116 bits per heavy atom. The zero-order valence-electron chi connectivity index (χ0n) is 29.0. The molecule has 0 heteroatoms. The third-order valence-corrected chi connectivity index (χ3v) is 6.00. The van der Waals surface area contributed by atoms with Gasteiger partial charge in [-0.2, -0.15) is 0 Å². The lowest BCUT2D eigenvalue weighted by molar-refractivity contribution is 0.504. The van der Waals surface area contributed by atoms with Crippen molar-refractivity contribution in [2.75, 3.05) is 0 Å². The summed E-state index contributed by atoms with van der Waals surface area (Å²) in [6.07, 6.45) is 36.0. The molecule has 6 aliphatic rings. The van der Waals surface area contributed by atoms with Crippen molar-refractivity contribution in [2.45, 2.75) is 289 Å². The minimum absolute atomic E-state index is 0. The van der Waals surface area contributed by atoms with Gasteiger partial charge in [0.25, 0.3) is 0 Å². The molecular formula is C43H112. The Hall–Kier alpha value is 0. The molecule has 0 saturated heterocycles. The SMILES string of the molecule is C.C.C.C.C.C.C.C1CCC1.C1CCC1.C1CCC1.C1CCC1.C1CCC1.C1CCC1.CC.CC.CC.CC.CC.CC. The third-order valence-electron chi connectivity index (χ3n) is 6.00. The van der Waals surface area contributed by atoms with Crippen LogP contribution in [0.25, 0.3) is 0 Å². The average Bonchev–Trinajstić information content (AvgIpc) is 2.69. The van der Waals surface area contributed by atoms with E-state index >= 15 is 0 Å². The van der Waals surface area contributed by atoms with Gasteiger partial charge in [0.15, 0.2) is 0 Å². The first kappa shape index (κ1) is 84.3. The third kappa shape index (κ3) is 117. The molecule has 0 spiro atoms. The van der Waals surface area contributed by atoms with Gasteiger partial charge in [-0.15, -0.1) is 0 Å². The number of rotatable bonds is 0. The maximum Gasteiger partial charge on any atom is -0.0533 e. The molecule has 0 nitrogen and oxygen atoms in total. The summed E-state index contributed by atoms with van der Waals surface area (Å²) in [7, 11) is 0. The van der Waals surface area contributed by atoms with E-state index in [1.54, 1.807) is 0 Å². The van der Waals surface area contributed by atoms with Crippen LogP contribution in [-0.2, 0) is 0 Å². The molecule has 6 saturated carbocycles. The maximum atomic E-state index is 2.00. The predicted octanol–water partition coefficient (Wildman–Crippen LogP) is 20.0. The van der Waals surface area contributed by atoms with Crippen LogP contribution < -0.4 is 0 Å². The molecule has 0 N–H and O–H groups in total. The lowest BCUT2D eigenvalue weighted by Crippen LogP contribution is -1.85. The van der Waals surface area contributed by atoms with E-state index in [1.165, 1.54) is 154 Å². The van der Waals surface area contributed by atoms with Crippen molar-refractivity contribution in [3.63, 3.8) is 0 Å². The molecule has 43 heavy (non-hydrogen) atoms. The second-order valence-electron chi connectivity index (χ2n) is 8.49. The van der Waals surface area contributed by atoms with Crippen LogP contribution in [0, 0.1) is 0 Å². The second-order valence-corrected chi connectivity index (χ2v) is 8.49. The van der Waals surface area contributed by atoms with E-state index in [-0.39, 0.29) is 52.0 Å². The van der Waals surface area contributed by atoms with Gasteiger partial charge in [0, 0.05) is 0 Å². The number of hydrogen-bond donors (Lipinski definition) is 0. The zero-order chi connectivity index (χ0) is 29.0. The van der Waals surface area contributed by atoms with Crippen molar-refractivity contribution in [3.8, 4) is 0 Å². The highest BCUT2D eigenvalue weighted by atomic mass is 14.0. The van der Waals surface area contributed by atoms with Gasteiger partial charge in [0.05, 0.1) is 0 Å². The van der Waals surface area contributed by atoms with E-state index in [1.807, 2.05) is 83.1 Å². The molecule has 0 aliphatic heterocycles. The van der Waals surface area contributed by atoms with Crippen molar-refractivity contribution in [1.29, 1.82) is 0 Å². The van der Waals surface area contributed by atoms with Crippen LogP contribution in [0.1, 0.15) is 289 Å². The minimum Gasteiger partial charge on any atom is -0.0776 e. The van der Waals surface area contributed by atoms with E-state index < -0.39 is 0 Å². The average molecular weight is 629 g/mol. The molecule has 6 rings (SSSR count). The van der Waals surface area contributed by atoms with Gasteiger partial charge >= 0.3 is 0 Å². The van der Waals surface area contributed by atoms with Crippen LogP contribution in [-0.4, -0.2) is 0 Å². The van der Waals surface area contributed by atoms with Gasteiger partial charge in [-0.05, 0) is 0 Å². The Labute approximate surface area is 288 Å². The van der Waals surface area contributed by atoms with Crippen LogP contribution in [0.15, 0.2) is 0 Å². The molecule has 0 bridgehead atoms. The molecule has 0 aromatic carbocycles. The van der Waals surface area contributed by atoms with E-state index in [4.69, 9.17) is 0 Å². The molecule has 0 heterocycles. The van der Waals surface area contributed by atoms with Crippen molar-refractivity contribution >= 4 is 0 Å². The highest BCUT2D eigenvalue weighted by Crippen LogP contribution is 2.17. The summed E-state index contributed by atoms with van der Waals surface area (Å²) in [4.78, 5) is 0. The largest absolute Gasteiger partial charge is 0.0776 e. The smallest absolute Gasteiger partial charge is 0.0533 e. The van der Waals surface area contributed by atoms with Gasteiger partial charge in [-0.1, -0.05) is 289 Å². The first-order valence-corrected chi connectivity index (χ1v) is 18.0. The topological polar surface area (TPSA) is 0 Å². The normalized spacial score (nSPS) is 14.2.